The van der Waals surface area contributed by atoms with Crippen LogP contribution in [0.3, 0.4) is 0 Å². The highest BCUT2D eigenvalue weighted by molar-refractivity contribution is 5.63. The van der Waals surface area contributed by atoms with Crippen molar-refractivity contribution in [3.05, 3.63) is 70.8 Å². The van der Waals surface area contributed by atoms with Gasteiger partial charge in [-0.1, -0.05) is 48.0 Å². The van der Waals surface area contributed by atoms with Crippen LogP contribution in [0.5, 0.6) is 0 Å². The average molecular weight is 313 g/mol. The van der Waals surface area contributed by atoms with E-state index < -0.39 is 5.92 Å². The molecule has 0 bridgehead atoms. The first-order chi connectivity index (χ1) is 11.6. The van der Waals surface area contributed by atoms with E-state index in [4.69, 9.17) is 0 Å². The highest BCUT2D eigenvalue weighted by atomic mass is 15.1. The van der Waals surface area contributed by atoms with E-state index in [1.165, 1.54) is 5.56 Å². The van der Waals surface area contributed by atoms with Crippen LogP contribution in [0.1, 0.15) is 22.6 Å². The number of rotatable bonds is 3. The molecule has 0 saturated carbocycles. The van der Waals surface area contributed by atoms with E-state index in [1.807, 2.05) is 32.3 Å². The molecule has 2 aromatic carbocycles. The first-order valence-corrected chi connectivity index (χ1v) is 7.99. The van der Waals surface area contributed by atoms with E-state index >= 15 is 0 Å². The molecule has 0 fully saturated rings. The van der Waals surface area contributed by atoms with Gasteiger partial charge in [0, 0.05) is 25.7 Å². The van der Waals surface area contributed by atoms with Crippen LogP contribution in [0, 0.1) is 28.6 Å². The molecule has 0 amide bonds. The molecular formula is C21H19N3. The van der Waals surface area contributed by atoms with Gasteiger partial charge in [-0.05, 0) is 35.2 Å². The Labute approximate surface area is 143 Å². The minimum atomic E-state index is -0.652. The van der Waals surface area contributed by atoms with Crippen molar-refractivity contribution in [3.8, 4) is 12.1 Å². The standard InChI is InChI=1S/C21H19N3/c1-24(2)19-9-7-15(8-10-19)11-17-12-16-5-3-4-6-20(16)21(17)18(13-22)14-23/h3-11,18,21H,12H2,1-2H3/b17-11+. The maximum absolute atomic E-state index is 9.39. The van der Waals surface area contributed by atoms with Crippen LogP contribution in [-0.2, 0) is 6.42 Å². The number of nitrogens with zero attached hydrogens (tertiary/aromatic N) is 3. The minimum Gasteiger partial charge on any atom is -0.378 e. The van der Waals surface area contributed by atoms with Crippen molar-refractivity contribution >= 4 is 11.8 Å². The van der Waals surface area contributed by atoms with Gasteiger partial charge in [0.15, 0.2) is 0 Å². The van der Waals surface area contributed by atoms with Crippen molar-refractivity contribution in [2.75, 3.05) is 19.0 Å². The third-order valence-electron chi connectivity index (χ3n) is 4.56. The summed E-state index contributed by atoms with van der Waals surface area (Å²) in [7, 11) is 4.03. The van der Waals surface area contributed by atoms with Crippen molar-refractivity contribution in [2.24, 2.45) is 5.92 Å². The summed E-state index contributed by atoms with van der Waals surface area (Å²) in [6.07, 6.45) is 2.93. The number of allylic oxidation sites excluding steroid dienone is 1. The van der Waals surface area contributed by atoms with Gasteiger partial charge in [0.2, 0.25) is 0 Å². The topological polar surface area (TPSA) is 50.8 Å². The number of nitriles is 2. The van der Waals surface area contributed by atoms with Crippen molar-refractivity contribution in [1.29, 1.82) is 10.5 Å². The summed E-state index contributed by atoms with van der Waals surface area (Å²) in [4.78, 5) is 2.06. The Bertz CT molecular complexity index is 834. The second kappa shape index (κ2) is 6.60. The smallest absolute Gasteiger partial charge is 0.143 e. The molecule has 2 aromatic rings. The molecule has 0 radical (unpaired) electrons. The molecule has 1 aliphatic carbocycles. The summed E-state index contributed by atoms with van der Waals surface area (Å²) < 4.78 is 0. The largest absolute Gasteiger partial charge is 0.378 e. The van der Waals surface area contributed by atoms with Crippen molar-refractivity contribution < 1.29 is 0 Å². The molecule has 0 heterocycles. The fourth-order valence-corrected chi connectivity index (χ4v) is 3.32. The third-order valence-corrected chi connectivity index (χ3v) is 4.56. The lowest BCUT2D eigenvalue weighted by molar-refractivity contribution is 0.716. The Balaban J connectivity index is 2.00. The summed E-state index contributed by atoms with van der Waals surface area (Å²) in [5.74, 6) is -0.786. The summed E-state index contributed by atoms with van der Waals surface area (Å²) >= 11 is 0. The molecule has 0 aliphatic heterocycles. The van der Waals surface area contributed by atoms with E-state index in [0.717, 1.165) is 28.8 Å². The van der Waals surface area contributed by atoms with Gasteiger partial charge in [-0.2, -0.15) is 10.5 Å². The van der Waals surface area contributed by atoms with E-state index in [1.54, 1.807) is 0 Å². The quantitative estimate of drug-likeness (QED) is 0.855. The molecule has 0 saturated heterocycles. The number of hydrogen-bond acceptors (Lipinski definition) is 3. The molecule has 1 unspecified atom stereocenters. The van der Waals surface area contributed by atoms with E-state index in [2.05, 4.69) is 53.4 Å². The van der Waals surface area contributed by atoms with E-state index in [9.17, 15) is 10.5 Å². The summed E-state index contributed by atoms with van der Waals surface area (Å²) in [5.41, 5.74) is 5.72. The van der Waals surface area contributed by atoms with Crippen LogP contribution < -0.4 is 4.90 Å². The molecule has 0 N–H and O–H groups in total. The van der Waals surface area contributed by atoms with Crippen LogP contribution in [0.4, 0.5) is 5.69 Å². The van der Waals surface area contributed by atoms with Gasteiger partial charge in [0.1, 0.15) is 5.92 Å². The molecular weight excluding hydrogens is 294 g/mol. The maximum atomic E-state index is 9.39. The van der Waals surface area contributed by atoms with Crippen molar-refractivity contribution in [3.63, 3.8) is 0 Å². The summed E-state index contributed by atoms with van der Waals surface area (Å²) in [5, 5.41) is 18.8. The van der Waals surface area contributed by atoms with Crippen molar-refractivity contribution in [1.82, 2.24) is 0 Å². The average Bonchev–Trinajstić information content (AvgIpc) is 2.95. The lowest BCUT2D eigenvalue weighted by atomic mass is 9.85. The Morgan fingerprint density at radius 2 is 1.71 bits per heavy atom. The van der Waals surface area contributed by atoms with Gasteiger partial charge in [-0.25, -0.2) is 0 Å². The number of fused-ring (bicyclic) bond motifs is 1. The van der Waals surface area contributed by atoms with Gasteiger partial charge < -0.3 is 4.90 Å². The molecule has 24 heavy (non-hydrogen) atoms. The zero-order valence-electron chi connectivity index (χ0n) is 13.9. The second-order valence-corrected chi connectivity index (χ2v) is 6.29. The Kier molecular flexibility index (Phi) is 4.36. The maximum Gasteiger partial charge on any atom is 0.143 e. The van der Waals surface area contributed by atoms with Crippen LogP contribution in [0.25, 0.3) is 6.08 Å². The van der Waals surface area contributed by atoms with Gasteiger partial charge in [-0.15, -0.1) is 0 Å². The van der Waals surface area contributed by atoms with Crippen molar-refractivity contribution in [2.45, 2.75) is 12.3 Å². The first kappa shape index (κ1) is 15.8. The SMILES string of the molecule is CN(C)c1ccc(/C=C2\Cc3ccccc3C2C(C#N)C#N)cc1. The van der Waals surface area contributed by atoms with E-state index in [0.29, 0.717) is 0 Å². The molecule has 1 atom stereocenters. The Morgan fingerprint density at radius 1 is 1.04 bits per heavy atom. The van der Waals surface area contributed by atoms with Crippen LogP contribution in [0.15, 0.2) is 54.1 Å². The molecule has 0 spiro atoms. The van der Waals surface area contributed by atoms with Crippen LogP contribution in [0.2, 0.25) is 0 Å². The third kappa shape index (κ3) is 2.90. The van der Waals surface area contributed by atoms with Crippen LogP contribution >= 0.6 is 0 Å². The fraction of sp³-hybridized carbons (Fsp3) is 0.238. The predicted octanol–water partition coefficient (Wildman–Crippen LogP) is 4.14. The Hall–Kier alpha value is -3.04. The summed E-state index contributed by atoms with van der Waals surface area (Å²) in [6.45, 7) is 0. The molecule has 1 aliphatic rings. The number of anilines is 1. The first-order valence-electron chi connectivity index (χ1n) is 7.99. The highest BCUT2D eigenvalue weighted by Crippen LogP contribution is 2.42. The minimum absolute atomic E-state index is 0.135. The zero-order valence-corrected chi connectivity index (χ0v) is 13.9. The van der Waals surface area contributed by atoms with Gasteiger partial charge in [0.05, 0.1) is 12.1 Å². The number of benzene rings is 2. The molecule has 3 rings (SSSR count). The zero-order chi connectivity index (χ0) is 17.1. The summed E-state index contributed by atoms with van der Waals surface area (Å²) in [6, 6.07) is 20.8. The highest BCUT2D eigenvalue weighted by Gasteiger charge is 2.33. The lowest BCUT2D eigenvalue weighted by Crippen LogP contribution is -2.09. The van der Waals surface area contributed by atoms with Gasteiger partial charge in [0.25, 0.3) is 0 Å². The Morgan fingerprint density at radius 3 is 2.33 bits per heavy atom. The molecule has 3 nitrogen and oxygen atoms in total. The molecule has 118 valence electrons. The second-order valence-electron chi connectivity index (χ2n) is 6.29. The van der Waals surface area contributed by atoms with Gasteiger partial charge in [-0.3, -0.25) is 0 Å². The van der Waals surface area contributed by atoms with E-state index in [-0.39, 0.29) is 5.92 Å². The van der Waals surface area contributed by atoms with Crippen LogP contribution in [-0.4, -0.2) is 14.1 Å². The number of hydrogen-bond donors (Lipinski definition) is 0. The molecule has 3 heteroatoms. The van der Waals surface area contributed by atoms with Gasteiger partial charge >= 0.3 is 0 Å². The fourth-order valence-electron chi connectivity index (χ4n) is 3.32. The monoisotopic (exact) mass is 313 g/mol. The molecule has 0 aromatic heterocycles. The predicted molar refractivity (Wildman–Crippen MR) is 96.3 cm³/mol. The normalized spacial score (nSPS) is 17.4. The lowest BCUT2D eigenvalue weighted by Gasteiger charge is -2.15.